The van der Waals surface area contributed by atoms with Crippen molar-refractivity contribution in [2.75, 3.05) is 110 Å². The number of hydrogen-bond donors (Lipinski definition) is 10. The zero-order valence-corrected chi connectivity index (χ0v) is 43.5. The summed E-state index contributed by atoms with van der Waals surface area (Å²) in [4.78, 5) is 99.0. The minimum Gasteiger partial charge on any atom is -0.485 e. The maximum atomic E-state index is 13.0. The van der Waals surface area contributed by atoms with Crippen molar-refractivity contribution in [2.45, 2.75) is 83.5 Å². The van der Waals surface area contributed by atoms with E-state index in [-0.39, 0.29) is 135 Å². The number of amides is 7. The minimum atomic E-state index is -4.72. The zero-order valence-electron chi connectivity index (χ0n) is 42.7. The van der Waals surface area contributed by atoms with Gasteiger partial charge in [0, 0.05) is 70.1 Å². The molecule has 6 atom stereocenters. The molecule has 1 fully saturated rings. The molecule has 0 aromatic heterocycles. The van der Waals surface area contributed by atoms with Crippen molar-refractivity contribution in [2.24, 2.45) is 11.3 Å². The van der Waals surface area contributed by atoms with Gasteiger partial charge in [0.1, 0.15) is 49.1 Å². The molecule has 76 heavy (non-hydrogen) atoms. The van der Waals surface area contributed by atoms with Crippen molar-refractivity contribution >= 4 is 63.1 Å². The Hall–Kier alpha value is -5.73. The maximum Gasteiger partial charge on any atom is 0.311 e. The van der Waals surface area contributed by atoms with E-state index in [1.54, 1.807) is 26.8 Å². The van der Waals surface area contributed by atoms with Crippen LogP contribution in [0.2, 0.25) is 0 Å². The van der Waals surface area contributed by atoms with Crippen molar-refractivity contribution in [1.29, 1.82) is 0 Å². The summed E-state index contributed by atoms with van der Waals surface area (Å²) in [5.74, 6) is -6.56. The highest BCUT2D eigenvalue weighted by molar-refractivity contribution is 7.85. The normalized spacial score (nSPS) is 18.9. The van der Waals surface area contributed by atoms with Gasteiger partial charge in [0.15, 0.2) is 0 Å². The number of rotatable bonds is 36. The lowest BCUT2D eigenvalue weighted by atomic mass is 9.81. The SMILES string of the molecule is CC(C)(C)C(=O)OCc1ccc(O[C@@H]2C[C@H](CO)[C@H](O)[C@H](O)[C@H]2O)c(NC(=O)CCNC(=O)COCCNC(=O)[C@@H](CS(=O)(=O)O)NC(=O)CCOCCOCCOCCOCCNC(=O)CCN2C(=O)C=CC2=O)c1. The lowest BCUT2D eigenvalue weighted by molar-refractivity contribution is -0.156. The molecule has 10 N–H and O–H groups in total. The quantitative estimate of drug-likeness (QED) is 0.0135. The van der Waals surface area contributed by atoms with Gasteiger partial charge in [0.25, 0.3) is 21.9 Å². The number of aliphatic hydroxyl groups excluding tert-OH is 4. The second-order valence-corrected chi connectivity index (χ2v) is 19.8. The van der Waals surface area contributed by atoms with Crippen molar-refractivity contribution in [3.8, 4) is 5.75 Å². The molecule has 7 amide bonds. The summed E-state index contributed by atoms with van der Waals surface area (Å²) in [5.41, 5.74) is -0.233. The fourth-order valence-corrected chi connectivity index (χ4v) is 7.55. The van der Waals surface area contributed by atoms with Crippen LogP contribution in [-0.4, -0.2) is 221 Å². The zero-order chi connectivity index (χ0) is 56.3. The Kier molecular flexibility index (Phi) is 28.4. The molecule has 0 bridgehead atoms. The third-order valence-electron chi connectivity index (χ3n) is 11.0. The van der Waals surface area contributed by atoms with E-state index in [4.69, 9.17) is 33.2 Å². The number of anilines is 1. The van der Waals surface area contributed by atoms with Gasteiger partial charge in [-0.25, -0.2) is 0 Å². The summed E-state index contributed by atoms with van der Waals surface area (Å²) >= 11 is 0. The van der Waals surface area contributed by atoms with Crippen LogP contribution in [0, 0.1) is 11.3 Å². The molecule has 1 aliphatic heterocycles. The highest BCUT2D eigenvalue weighted by Crippen LogP contribution is 2.33. The van der Waals surface area contributed by atoms with Crippen LogP contribution in [0.15, 0.2) is 30.4 Å². The number of ether oxygens (including phenoxy) is 7. The molecule has 428 valence electrons. The standard InChI is InChI=1S/C47H72N6O22S/c1-47(2,3)46(65)74-27-30-4-5-34(75-35-25-31(26-54)42(61)44(63)43(35)62)32(24-30)51-37(56)8-11-48-39(58)28-73-17-13-50-45(64)33(29-76(66,67)68)52-38(57)10-15-69-18-20-71-22-23-72-21-19-70-16-12-49-36(55)9-14-53-40(59)6-7-41(53)60/h4-7,24,31,33,35,42-44,54,61-63H,8-23,25-29H2,1-3H3,(H,48,58)(H,49,55)(H,50,64)(H,51,56)(H,52,57)(H,66,67,68)/t31-,33-,35-,42+,43+,44+/m1/s1. The molecule has 28 nitrogen and oxygen atoms in total. The van der Waals surface area contributed by atoms with Crippen molar-refractivity contribution in [3.05, 3.63) is 35.9 Å². The molecule has 0 radical (unpaired) electrons. The van der Waals surface area contributed by atoms with Gasteiger partial charge < -0.3 is 80.2 Å². The number of esters is 1. The summed E-state index contributed by atoms with van der Waals surface area (Å²) < 4.78 is 70.7. The topological polar surface area (TPSA) is 400 Å². The first kappa shape index (κ1) is 64.6. The highest BCUT2D eigenvalue weighted by atomic mass is 32.2. The molecule has 1 heterocycles. The number of carbonyl (C=O) groups excluding carboxylic acids is 8. The Morgan fingerprint density at radius 2 is 1.30 bits per heavy atom. The smallest absolute Gasteiger partial charge is 0.311 e. The molecule has 2 aliphatic rings. The molecule has 0 spiro atoms. The first-order valence-corrected chi connectivity index (χ1v) is 26.0. The predicted molar refractivity (Wildman–Crippen MR) is 263 cm³/mol. The van der Waals surface area contributed by atoms with Crippen LogP contribution in [0.25, 0.3) is 0 Å². The summed E-state index contributed by atoms with van der Waals surface area (Å²) in [6, 6.07) is 2.80. The first-order chi connectivity index (χ1) is 36.0. The summed E-state index contributed by atoms with van der Waals surface area (Å²) in [6.45, 7) is 4.84. The van der Waals surface area contributed by atoms with Gasteiger partial charge >= 0.3 is 5.97 Å². The lowest BCUT2D eigenvalue weighted by Gasteiger charge is -2.39. The maximum absolute atomic E-state index is 13.0. The Bertz CT molecular complexity index is 2210. The van der Waals surface area contributed by atoms with Gasteiger partial charge in [-0.15, -0.1) is 0 Å². The average molecular weight is 1110 g/mol. The number of aliphatic hydroxyl groups is 4. The van der Waals surface area contributed by atoms with Crippen molar-refractivity contribution in [1.82, 2.24) is 26.2 Å². The molecule has 3 rings (SSSR count). The van der Waals surface area contributed by atoms with Gasteiger partial charge in [-0.05, 0) is 44.9 Å². The average Bonchev–Trinajstić information content (AvgIpc) is 3.68. The molecule has 0 saturated heterocycles. The van der Waals surface area contributed by atoms with Gasteiger partial charge in [-0.3, -0.25) is 47.8 Å². The van der Waals surface area contributed by atoms with Crippen LogP contribution in [0.4, 0.5) is 5.69 Å². The Morgan fingerprint density at radius 1 is 0.711 bits per heavy atom. The molecule has 1 aromatic carbocycles. The van der Waals surface area contributed by atoms with Crippen LogP contribution in [-0.2, 0) is 83.5 Å². The highest BCUT2D eigenvalue weighted by Gasteiger charge is 2.44. The second kappa shape index (κ2) is 33.4. The first-order valence-electron chi connectivity index (χ1n) is 24.4. The van der Waals surface area contributed by atoms with E-state index >= 15 is 0 Å². The van der Waals surface area contributed by atoms with Crippen LogP contribution in [0.3, 0.4) is 0 Å². The molecule has 1 aromatic rings. The lowest BCUT2D eigenvalue weighted by Crippen LogP contribution is -2.56. The molecule has 1 saturated carbocycles. The number of benzene rings is 1. The van der Waals surface area contributed by atoms with Crippen LogP contribution < -0.4 is 31.3 Å². The largest absolute Gasteiger partial charge is 0.485 e. The van der Waals surface area contributed by atoms with Gasteiger partial charge in [0.2, 0.25) is 29.5 Å². The Labute approximate surface area is 439 Å². The number of imide groups is 1. The van der Waals surface area contributed by atoms with E-state index in [1.165, 1.54) is 12.1 Å². The van der Waals surface area contributed by atoms with E-state index in [1.807, 2.05) is 0 Å². The molecule has 0 unspecified atom stereocenters. The van der Waals surface area contributed by atoms with Crippen molar-refractivity contribution in [3.63, 3.8) is 0 Å². The van der Waals surface area contributed by atoms with E-state index < -0.39 is 112 Å². The monoisotopic (exact) mass is 1100 g/mol. The van der Waals surface area contributed by atoms with Crippen LogP contribution >= 0.6 is 0 Å². The van der Waals surface area contributed by atoms with Gasteiger partial charge in [0.05, 0.1) is 76.7 Å². The van der Waals surface area contributed by atoms with E-state index in [0.29, 0.717) is 5.56 Å². The summed E-state index contributed by atoms with van der Waals surface area (Å²) in [6.07, 6.45) is -3.94. The number of carbonyl (C=O) groups is 8. The number of nitrogens with zero attached hydrogens (tertiary/aromatic N) is 1. The minimum absolute atomic E-state index is 0.00842. The predicted octanol–water partition coefficient (Wildman–Crippen LogP) is -3.54. The van der Waals surface area contributed by atoms with E-state index in [9.17, 15) is 71.8 Å². The number of hydrogen-bond acceptors (Lipinski definition) is 21. The fraction of sp³-hybridized carbons (Fsp3) is 0.660. The van der Waals surface area contributed by atoms with Gasteiger partial charge in [-0.1, -0.05) is 6.07 Å². The second-order valence-electron chi connectivity index (χ2n) is 18.3. The van der Waals surface area contributed by atoms with Crippen LogP contribution in [0.5, 0.6) is 5.75 Å². The Balaban J connectivity index is 1.27. The Morgan fingerprint density at radius 3 is 1.92 bits per heavy atom. The van der Waals surface area contributed by atoms with E-state index in [2.05, 4.69) is 26.6 Å². The molecule has 1 aliphatic carbocycles. The summed E-state index contributed by atoms with van der Waals surface area (Å²) in [5, 5.41) is 53.2. The number of nitrogens with one attached hydrogen (secondary N) is 5. The molecule has 29 heteroatoms. The van der Waals surface area contributed by atoms with Crippen molar-refractivity contribution < 1.29 is 105 Å². The summed E-state index contributed by atoms with van der Waals surface area (Å²) in [7, 11) is -4.72. The third-order valence-corrected chi connectivity index (χ3v) is 11.8. The van der Waals surface area contributed by atoms with Gasteiger partial charge in [-0.2, -0.15) is 8.42 Å². The molecular formula is C47H72N6O22S. The molecular weight excluding hydrogens is 1030 g/mol. The third kappa shape index (κ3) is 25.0. The van der Waals surface area contributed by atoms with E-state index in [0.717, 1.165) is 17.1 Å². The fourth-order valence-electron chi connectivity index (χ4n) is 6.89. The van der Waals surface area contributed by atoms with Crippen LogP contribution in [0.1, 0.15) is 52.0 Å².